The zero-order valence-corrected chi connectivity index (χ0v) is 10.7. The number of benzene rings is 1. The van der Waals surface area contributed by atoms with E-state index < -0.39 is 0 Å². The van der Waals surface area contributed by atoms with Crippen LogP contribution in [-0.4, -0.2) is 24.3 Å². The Balaban J connectivity index is 3.21. The first-order valence-electron chi connectivity index (χ1n) is 4.91. The number of aryl methyl sites for hydroxylation is 3. The molecule has 0 aliphatic carbocycles. The minimum atomic E-state index is 0.505. The van der Waals surface area contributed by atoms with E-state index in [4.69, 9.17) is 11.6 Å². The van der Waals surface area contributed by atoms with Crippen LogP contribution in [0.2, 0.25) is 0 Å². The number of hydrogen-bond acceptors (Lipinski definition) is 1. The second-order valence-electron chi connectivity index (χ2n) is 4.02. The first-order chi connectivity index (χ1) is 6.91. The fourth-order valence-electron chi connectivity index (χ4n) is 1.54. The van der Waals surface area contributed by atoms with E-state index in [1.807, 2.05) is 14.1 Å². The first-order valence-corrected chi connectivity index (χ1v) is 5.29. The van der Waals surface area contributed by atoms with Crippen LogP contribution in [-0.2, 0) is 0 Å². The molecule has 0 heterocycles. The molecule has 0 spiro atoms. The molecule has 15 heavy (non-hydrogen) atoms. The van der Waals surface area contributed by atoms with Crippen LogP contribution in [0.25, 0.3) is 0 Å². The molecule has 3 heteroatoms. The lowest BCUT2D eigenvalue weighted by atomic mass is 10.1. The van der Waals surface area contributed by atoms with Gasteiger partial charge in [-0.3, -0.25) is 0 Å². The third-order valence-electron chi connectivity index (χ3n) is 2.21. The number of halogens is 1. The first kappa shape index (κ1) is 12.1. The SMILES string of the molecule is Cc1cc(C)c(N=C(Cl)N(C)C)c(C)c1. The second-order valence-corrected chi connectivity index (χ2v) is 4.36. The predicted octanol–water partition coefficient (Wildman–Crippen LogP) is 3.40. The molecule has 0 N–H and O–H groups in total. The third kappa shape index (κ3) is 2.96. The summed E-state index contributed by atoms with van der Waals surface area (Å²) in [7, 11) is 3.76. The molecule has 0 unspecified atom stereocenters. The third-order valence-corrected chi connectivity index (χ3v) is 2.63. The summed E-state index contributed by atoms with van der Waals surface area (Å²) < 4.78 is 0. The lowest BCUT2D eigenvalue weighted by Crippen LogP contribution is -2.15. The molecule has 1 aromatic rings. The van der Waals surface area contributed by atoms with E-state index in [0.29, 0.717) is 5.29 Å². The monoisotopic (exact) mass is 224 g/mol. The molecular weight excluding hydrogens is 208 g/mol. The second kappa shape index (κ2) is 4.67. The van der Waals surface area contributed by atoms with E-state index in [-0.39, 0.29) is 0 Å². The van der Waals surface area contributed by atoms with Gasteiger partial charge in [0.1, 0.15) is 0 Å². The van der Waals surface area contributed by atoms with E-state index in [0.717, 1.165) is 16.8 Å². The zero-order chi connectivity index (χ0) is 11.6. The molecule has 0 saturated heterocycles. The van der Waals surface area contributed by atoms with Crippen molar-refractivity contribution in [1.29, 1.82) is 0 Å². The highest BCUT2D eigenvalue weighted by molar-refractivity contribution is 6.64. The standard InChI is InChI=1S/C12H17ClN2/c1-8-6-9(2)11(10(3)7-8)14-12(13)15(4)5/h6-7H,1-5H3. The van der Waals surface area contributed by atoms with Gasteiger partial charge < -0.3 is 4.90 Å². The highest BCUT2D eigenvalue weighted by Crippen LogP contribution is 2.25. The van der Waals surface area contributed by atoms with Crippen LogP contribution in [0.1, 0.15) is 16.7 Å². The molecule has 1 aromatic carbocycles. The van der Waals surface area contributed by atoms with Gasteiger partial charge in [-0.25, -0.2) is 4.99 Å². The molecule has 2 nitrogen and oxygen atoms in total. The molecule has 82 valence electrons. The number of hydrogen-bond donors (Lipinski definition) is 0. The van der Waals surface area contributed by atoms with Crippen molar-refractivity contribution in [3.05, 3.63) is 28.8 Å². The molecule has 0 aromatic heterocycles. The Kier molecular flexibility index (Phi) is 3.75. The lowest BCUT2D eigenvalue weighted by Gasteiger charge is -2.11. The van der Waals surface area contributed by atoms with Gasteiger partial charge in [-0.05, 0) is 43.5 Å². The largest absolute Gasteiger partial charge is 0.353 e. The smallest absolute Gasteiger partial charge is 0.198 e. The molecule has 0 aliphatic rings. The maximum absolute atomic E-state index is 6.01. The van der Waals surface area contributed by atoms with Crippen molar-refractivity contribution in [1.82, 2.24) is 4.90 Å². The number of rotatable bonds is 1. The van der Waals surface area contributed by atoms with Crippen molar-refractivity contribution < 1.29 is 0 Å². The summed E-state index contributed by atoms with van der Waals surface area (Å²) in [4.78, 5) is 6.20. The average molecular weight is 225 g/mol. The van der Waals surface area contributed by atoms with E-state index in [9.17, 15) is 0 Å². The summed E-state index contributed by atoms with van der Waals surface area (Å²) in [6.45, 7) is 6.19. The molecule has 0 saturated carbocycles. The predicted molar refractivity (Wildman–Crippen MR) is 67.3 cm³/mol. The molecule has 0 aliphatic heterocycles. The highest BCUT2D eigenvalue weighted by Gasteiger charge is 2.04. The normalized spacial score (nSPS) is 11.7. The topological polar surface area (TPSA) is 15.6 Å². The quantitative estimate of drug-likeness (QED) is 0.406. The Bertz CT molecular complexity index is 372. The highest BCUT2D eigenvalue weighted by atomic mass is 35.5. The van der Waals surface area contributed by atoms with Crippen LogP contribution in [0.15, 0.2) is 17.1 Å². The average Bonchev–Trinajstić information content (AvgIpc) is 2.10. The fraction of sp³-hybridized carbons (Fsp3) is 0.417. The molecule has 0 fully saturated rings. The summed E-state index contributed by atoms with van der Waals surface area (Å²) in [6, 6.07) is 4.23. The number of nitrogens with zero attached hydrogens (tertiary/aromatic N) is 2. The van der Waals surface area contributed by atoms with Crippen LogP contribution < -0.4 is 0 Å². The summed E-state index contributed by atoms with van der Waals surface area (Å²) in [5.74, 6) is 0. The Morgan fingerprint density at radius 1 is 1.13 bits per heavy atom. The van der Waals surface area contributed by atoms with Gasteiger partial charge >= 0.3 is 0 Å². The van der Waals surface area contributed by atoms with Crippen LogP contribution in [0.4, 0.5) is 5.69 Å². The van der Waals surface area contributed by atoms with Gasteiger partial charge in [0.2, 0.25) is 0 Å². The van der Waals surface area contributed by atoms with Gasteiger partial charge in [-0.15, -0.1) is 0 Å². The maximum atomic E-state index is 6.01. The van der Waals surface area contributed by atoms with Crippen LogP contribution in [0, 0.1) is 20.8 Å². The minimum absolute atomic E-state index is 0.505. The van der Waals surface area contributed by atoms with Crippen LogP contribution >= 0.6 is 11.6 Å². The van der Waals surface area contributed by atoms with E-state index in [1.165, 1.54) is 5.56 Å². The Hall–Kier alpha value is -1.02. The van der Waals surface area contributed by atoms with Crippen molar-refractivity contribution in [3.8, 4) is 0 Å². The molecule has 0 amide bonds. The maximum Gasteiger partial charge on any atom is 0.198 e. The molecule has 1 rings (SSSR count). The Morgan fingerprint density at radius 2 is 1.60 bits per heavy atom. The zero-order valence-electron chi connectivity index (χ0n) is 9.93. The van der Waals surface area contributed by atoms with Gasteiger partial charge in [-0.2, -0.15) is 0 Å². The molecule has 0 radical (unpaired) electrons. The van der Waals surface area contributed by atoms with Crippen molar-refractivity contribution >= 4 is 22.6 Å². The minimum Gasteiger partial charge on any atom is -0.353 e. The van der Waals surface area contributed by atoms with E-state index in [1.54, 1.807) is 4.90 Å². The van der Waals surface area contributed by atoms with E-state index in [2.05, 4.69) is 37.9 Å². The molecule has 0 bridgehead atoms. The van der Waals surface area contributed by atoms with Gasteiger partial charge in [0.25, 0.3) is 0 Å². The summed E-state index contributed by atoms with van der Waals surface area (Å²) in [5, 5.41) is 0.505. The number of amidine groups is 1. The molecule has 0 atom stereocenters. The Labute approximate surface area is 96.6 Å². The van der Waals surface area contributed by atoms with Gasteiger partial charge in [0.05, 0.1) is 5.69 Å². The summed E-state index contributed by atoms with van der Waals surface area (Å²) in [6.07, 6.45) is 0. The van der Waals surface area contributed by atoms with Crippen molar-refractivity contribution in [2.75, 3.05) is 14.1 Å². The fourth-order valence-corrected chi connectivity index (χ4v) is 1.63. The molecular formula is C12H17ClN2. The van der Waals surface area contributed by atoms with E-state index >= 15 is 0 Å². The van der Waals surface area contributed by atoms with Crippen molar-refractivity contribution in [2.24, 2.45) is 4.99 Å². The van der Waals surface area contributed by atoms with Gasteiger partial charge in [0, 0.05) is 14.1 Å². The van der Waals surface area contributed by atoms with Gasteiger partial charge in [0.15, 0.2) is 5.29 Å². The van der Waals surface area contributed by atoms with Crippen LogP contribution in [0.5, 0.6) is 0 Å². The van der Waals surface area contributed by atoms with Gasteiger partial charge in [-0.1, -0.05) is 17.7 Å². The summed E-state index contributed by atoms with van der Waals surface area (Å²) >= 11 is 6.01. The lowest BCUT2D eigenvalue weighted by molar-refractivity contribution is 0.635. The summed E-state index contributed by atoms with van der Waals surface area (Å²) in [5.41, 5.74) is 4.55. The van der Waals surface area contributed by atoms with Crippen molar-refractivity contribution in [3.63, 3.8) is 0 Å². The van der Waals surface area contributed by atoms with Crippen molar-refractivity contribution in [2.45, 2.75) is 20.8 Å². The van der Waals surface area contributed by atoms with Crippen LogP contribution in [0.3, 0.4) is 0 Å². The number of aliphatic imine (C=N–C) groups is 1. The Morgan fingerprint density at radius 3 is 2.00 bits per heavy atom.